The normalized spacial score (nSPS) is 10.8. The Hall–Kier alpha value is -3.48. The first-order valence-electron chi connectivity index (χ1n) is 9.51. The number of esters is 1. The minimum Gasteiger partial charge on any atom is -0.456 e. The monoisotopic (exact) mass is 410 g/mol. The summed E-state index contributed by atoms with van der Waals surface area (Å²) in [5, 5.41) is 5.08. The molecule has 0 unspecified atom stereocenters. The minimum absolute atomic E-state index is 0.0182. The SMILES string of the molecule is CC(=O)Nc1ccc(C(=O)COC(=O)CNC(=O)c2ccc(C(C)(C)C)cc2)cc1. The lowest BCUT2D eigenvalue weighted by atomic mass is 9.87. The van der Waals surface area contributed by atoms with E-state index in [1.165, 1.54) is 19.1 Å². The average molecular weight is 410 g/mol. The maximum atomic E-state index is 12.2. The number of carbonyl (C=O) groups excluding carboxylic acids is 4. The Kier molecular flexibility index (Phi) is 7.47. The molecule has 2 amide bonds. The van der Waals surface area contributed by atoms with Gasteiger partial charge in [0.05, 0.1) is 0 Å². The molecule has 0 aliphatic heterocycles. The van der Waals surface area contributed by atoms with E-state index in [1.807, 2.05) is 12.1 Å². The van der Waals surface area contributed by atoms with Gasteiger partial charge < -0.3 is 15.4 Å². The minimum atomic E-state index is -0.710. The van der Waals surface area contributed by atoms with Crippen molar-refractivity contribution in [1.29, 1.82) is 0 Å². The fourth-order valence-electron chi connectivity index (χ4n) is 2.60. The molecule has 158 valence electrons. The van der Waals surface area contributed by atoms with Gasteiger partial charge in [0.2, 0.25) is 5.91 Å². The number of benzene rings is 2. The van der Waals surface area contributed by atoms with Crippen molar-refractivity contribution >= 4 is 29.3 Å². The predicted octanol–water partition coefficient (Wildman–Crippen LogP) is 3.10. The molecule has 30 heavy (non-hydrogen) atoms. The highest BCUT2D eigenvalue weighted by Gasteiger charge is 2.15. The number of Topliss-reactive ketones (excluding diaryl/α,β-unsaturated/α-hetero) is 1. The summed E-state index contributed by atoms with van der Waals surface area (Å²) in [6, 6.07) is 13.4. The van der Waals surface area contributed by atoms with Crippen LogP contribution < -0.4 is 10.6 Å². The van der Waals surface area contributed by atoms with E-state index in [1.54, 1.807) is 24.3 Å². The van der Waals surface area contributed by atoms with E-state index in [9.17, 15) is 19.2 Å². The molecule has 2 N–H and O–H groups in total. The fraction of sp³-hybridized carbons (Fsp3) is 0.304. The van der Waals surface area contributed by atoms with Crippen LogP contribution in [0.1, 0.15) is 54.0 Å². The molecule has 0 spiro atoms. The van der Waals surface area contributed by atoms with E-state index in [-0.39, 0.29) is 23.7 Å². The Morgan fingerprint density at radius 3 is 1.97 bits per heavy atom. The van der Waals surface area contributed by atoms with Crippen molar-refractivity contribution in [1.82, 2.24) is 5.32 Å². The maximum absolute atomic E-state index is 12.2. The van der Waals surface area contributed by atoms with Crippen molar-refractivity contribution in [3.8, 4) is 0 Å². The summed E-state index contributed by atoms with van der Waals surface area (Å²) >= 11 is 0. The van der Waals surface area contributed by atoms with E-state index < -0.39 is 18.5 Å². The van der Waals surface area contributed by atoms with Gasteiger partial charge in [-0.1, -0.05) is 32.9 Å². The van der Waals surface area contributed by atoms with E-state index in [0.717, 1.165) is 5.56 Å². The van der Waals surface area contributed by atoms with Crippen molar-refractivity contribution in [2.75, 3.05) is 18.5 Å². The quantitative estimate of drug-likeness (QED) is 0.539. The van der Waals surface area contributed by atoms with E-state index in [2.05, 4.69) is 31.4 Å². The average Bonchev–Trinajstić information content (AvgIpc) is 2.69. The van der Waals surface area contributed by atoms with Crippen LogP contribution in [0.4, 0.5) is 5.69 Å². The van der Waals surface area contributed by atoms with Gasteiger partial charge in [-0.3, -0.25) is 19.2 Å². The molecule has 2 aromatic rings. The third-order valence-corrected chi connectivity index (χ3v) is 4.30. The number of ether oxygens (including phenoxy) is 1. The summed E-state index contributed by atoms with van der Waals surface area (Å²) in [5.41, 5.74) is 2.43. The van der Waals surface area contributed by atoms with Gasteiger partial charge in [-0.15, -0.1) is 0 Å². The predicted molar refractivity (Wildman–Crippen MR) is 114 cm³/mol. The molecular formula is C23H26N2O5. The van der Waals surface area contributed by atoms with Crippen LogP contribution in [0.3, 0.4) is 0 Å². The molecule has 0 aromatic heterocycles. The highest BCUT2D eigenvalue weighted by atomic mass is 16.5. The first kappa shape index (κ1) is 22.8. The summed E-state index contributed by atoms with van der Waals surface area (Å²) in [6.45, 7) is 6.85. The van der Waals surface area contributed by atoms with Crippen molar-refractivity contribution in [3.63, 3.8) is 0 Å². The second kappa shape index (κ2) is 9.82. The molecule has 0 aliphatic carbocycles. The molecule has 2 rings (SSSR count). The molecule has 0 atom stereocenters. The maximum Gasteiger partial charge on any atom is 0.325 e. The lowest BCUT2D eigenvalue weighted by molar-refractivity contribution is -0.141. The molecule has 0 bridgehead atoms. The topological polar surface area (TPSA) is 102 Å². The Labute approximate surface area is 175 Å². The van der Waals surface area contributed by atoms with Crippen LogP contribution in [-0.4, -0.2) is 36.7 Å². The molecule has 0 fully saturated rings. The Balaban J connectivity index is 1.79. The number of hydrogen-bond donors (Lipinski definition) is 2. The summed E-state index contributed by atoms with van der Waals surface area (Å²) in [6.07, 6.45) is 0. The van der Waals surface area contributed by atoms with Crippen LogP contribution in [-0.2, 0) is 19.7 Å². The van der Waals surface area contributed by atoms with Gasteiger partial charge in [-0.05, 0) is 47.4 Å². The zero-order chi connectivity index (χ0) is 22.3. The van der Waals surface area contributed by atoms with Crippen LogP contribution in [0.15, 0.2) is 48.5 Å². The first-order chi connectivity index (χ1) is 14.1. The molecule has 0 aliphatic rings. The van der Waals surface area contributed by atoms with Crippen molar-refractivity contribution in [3.05, 3.63) is 65.2 Å². The fourth-order valence-corrected chi connectivity index (χ4v) is 2.60. The third kappa shape index (κ3) is 6.84. The number of ketones is 1. The van der Waals surface area contributed by atoms with Crippen LogP contribution in [0.5, 0.6) is 0 Å². The van der Waals surface area contributed by atoms with Crippen LogP contribution >= 0.6 is 0 Å². The van der Waals surface area contributed by atoms with Crippen LogP contribution in [0, 0.1) is 0 Å². The van der Waals surface area contributed by atoms with Gasteiger partial charge in [0, 0.05) is 23.7 Å². The van der Waals surface area contributed by atoms with Gasteiger partial charge >= 0.3 is 5.97 Å². The van der Waals surface area contributed by atoms with Gasteiger partial charge in [-0.25, -0.2) is 0 Å². The van der Waals surface area contributed by atoms with Crippen LogP contribution in [0.25, 0.3) is 0 Å². The molecular weight excluding hydrogens is 384 g/mol. The Morgan fingerprint density at radius 1 is 0.867 bits per heavy atom. The van der Waals surface area contributed by atoms with Crippen molar-refractivity contribution in [2.45, 2.75) is 33.1 Å². The summed E-state index contributed by atoms with van der Waals surface area (Å²) < 4.78 is 4.93. The summed E-state index contributed by atoms with van der Waals surface area (Å²) in [7, 11) is 0. The smallest absolute Gasteiger partial charge is 0.325 e. The number of anilines is 1. The highest BCUT2D eigenvalue weighted by molar-refractivity contribution is 5.99. The second-order valence-electron chi connectivity index (χ2n) is 7.85. The largest absolute Gasteiger partial charge is 0.456 e. The number of amides is 2. The summed E-state index contributed by atoms with van der Waals surface area (Å²) in [5.74, 6) is -1.71. The number of carbonyl (C=O) groups is 4. The molecule has 0 saturated heterocycles. The van der Waals surface area contributed by atoms with Gasteiger partial charge in [0.25, 0.3) is 5.91 Å². The number of hydrogen-bond acceptors (Lipinski definition) is 5. The van der Waals surface area contributed by atoms with Gasteiger partial charge in [0.1, 0.15) is 6.54 Å². The number of nitrogens with one attached hydrogen (secondary N) is 2. The van der Waals surface area contributed by atoms with Crippen molar-refractivity contribution in [2.24, 2.45) is 0 Å². The lowest BCUT2D eigenvalue weighted by Gasteiger charge is -2.19. The molecule has 7 nitrogen and oxygen atoms in total. The lowest BCUT2D eigenvalue weighted by Crippen LogP contribution is -2.31. The third-order valence-electron chi connectivity index (χ3n) is 4.30. The second-order valence-corrected chi connectivity index (χ2v) is 7.85. The molecule has 7 heteroatoms. The Bertz CT molecular complexity index is 926. The van der Waals surface area contributed by atoms with E-state index in [4.69, 9.17) is 4.74 Å². The highest BCUT2D eigenvalue weighted by Crippen LogP contribution is 2.22. The number of rotatable bonds is 7. The zero-order valence-corrected chi connectivity index (χ0v) is 17.6. The van der Waals surface area contributed by atoms with Gasteiger partial charge in [0.15, 0.2) is 12.4 Å². The standard InChI is InChI=1S/C23H26N2O5/c1-15(26)25-19-11-7-16(8-12-19)20(27)14-30-21(28)13-24-22(29)17-5-9-18(10-6-17)23(2,3)4/h5-12H,13-14H2,1-4H3,(H,24,29)(H,25,26). The van der Waals surface area contributed by atoms with E-state index >= 15 is 0 Å². The zero-order valence-electron chi connectivity index (χ0n) is 17.6. The molecule has 0 radical (unpaired) electrons. The first-order valence-corrected chi connectivity index (χ1v) is 9.51. The van der Waals surface area contributed by atoms with Crippen LogP contribution in [0.2, 0.25) is 0 Å². The molecule has 0 heterocycles. The molecule has 0 saturated carbocycles. The van der Waals surface area contributed by atoms with Crippen molar-refractivity contribution < 1.29 is 23.9 Å². The molecule has 2 aromatic carbocycles. The Morgan fingerprint density at radius 2 is 1.43 bits per heavy atom. The summed E-state index contributed by atoms with van der Waals surface area (Å²) in [4.78, 5) is 47.1. The van der Waals surface area contributed by atoms with E-state index in [0.29, 0.717) is 16.8 Å². The van der Waals surface area contributed by atoms with Gasteiger partial charge in [-0.2, -0.15) is 0 Å².